The van der Waals surface area contributed by atoms with E-state index in [0.717, 1.165) is 16.5 Å². The number of likely N-dealkylation sites (N-methyl/N-ethyl adjacent to an activating group) is 1. The molecule has 0 saturated heterocycles. The van der Waals surface area contributed by atoms with Crippen molar-refractivity contribution in [2.45, 2.75) is 0 Å². The second-order valence-electron chi connectivity index (χ2n) is 3.77. The molecule has 1 heterocycles. The number of methoxy groups -OCH3 is 1. The maximum absolute atomic E-state index is 11.9. The molecule has 0 radical (unpaired) electrons. The molecule has 0 saturated carbocycles. The fourth-order valence-electron chi connectivity index (χ4n) is 1.62. The van der Waals surface area contributed by atoms with Gasteiger partial charge in [0.05, 0.1) is 7.11 Å². The zero-order chi connectivity index (χ0) is 13.1. The molecule has 0 atom stereocenters. The molecule has 1 aliphatic heterocycles. The molecule has 0 spiro atoms. The number of carbonyl (C=O) groups is 1. The monoisotopic (exact) mass is 262 g/mol. The van der Waals surface area contributed by atoms with Crippen LogP contribution < -0.4 is 4.74 Å². The number of hydrogen-bond donors (Lipinski definition) is 0. The number of nitrogens with zero attached hydrogens (tertiary/aromatic N) is 2. The van der Waals surface area contributed by atoms with Gasteiger partial charge in [0.1, 0.15) is 11.4 Å². The number of amidine groups is 1. The van der Waals surface area contributed by atoms with Crippen LogP contribution in [0.15, 0.2) is 35.0 Å². The van der Waals surface area contributed by atoms with Gasteiger partial charge in [-0.3, -0.25) is 9.69 Å². The van der Waals surface area contributed by atoms with Crippen molar-refractivity contribution >= 4 is 28.9 Å². The Hall–Kier alpha value is -1.75. The van der Waals surface area contributed by atoms with Crippen molar-refractivity contribution in [1.29, 1.82) is 0 Å². The maximum atomic E-state index is 11.9. The average molecular weight is 262 g/mol. The van der Waals surface area contributed by atoms with Crippen molar-refractivity contribution < 1.29 is 9.53 Å². The first kappa shape index (κ1) is 12.7. The van der Waals surface area contributed by atoms with Gasteiger partial charge in [0.2, 0.25) is 0 Å². The summed E-state index contributed by atoms with van der Waals surface area (Å²) in [6.45, 7) is 0. The molecule has 1 aromatic carbocycles. The molecule has 0 aliphatic carbocycles. The predicted octanol–water partition coefficient (Wildman–Crippen LogP) is 2.23. The van der Waals surface area contributed by atoms with E-state index in [0.29, 0.717) is 5.70 Å². The summed E-state index contributed by atoms with van der Waals surface area (Å²) in [4.78, 5) is 17.8. The third kappa shape index (κ3) is 2.41. The van der Waals surface area contributed by atoms with Crippen LogP contribution in [0.5, 0.6) is 5.75 Å². The Morgan fingerprint density at radius 3 is 2.50 bits per heavy atom. The van der Waals surface area contributed by atoms with E-state index >= 15 is 0 Å². The van der Waals surface area contributed by atoms with E-state index in [2.05, 4.69) is 4.99 Å². The highest BCUT2D eigenvalue weighted by Crippen LogP contribution is 2.21. The third-order valence-corrected chi connectivity index (χ3v) is 3.36. The average Bonchev–Trinajstić information content (AvgIpc) is 2.67. The lowest BCUT2D eigenvalue weighted by Crippen LogP contribution is -2.25. The Balaban J connectivity index is 2.28. The zero-order valence-electron chi connectivity index (χ0n) is 10.5. The van der Waals surface area contributed by atoms with Crippen molar-refractivity contribution in [3.8, 4) is 5.75 Å². The van der Waals surface area contributed by atoms with E-state index in [1.54, 1.807) is 25.1 Å². The lowest BCUT2D eigenvalue weighted by atomic mass is 10.2. The molecular weight excluding hydrogens is 248 g/mol. The summed E-state index contributed by atoms with van der Waals surface area (Å²) in [5.41, 5.74) is 1.39. The minimum absolute atomic E-state index is 0.0739. The SMILES string of the molecule is COc1ccc(C=C2N=C(SC)N(C)C2=O)cc1. The Bertz CT molecular complexity index is 520. The number of benzene rings is 1. The maximum Gasteiger partial charge on any atom is 0.278 e. The van der Waals surface area contributed by atoms with E-state index in [4.69, 9.17) is 4.74 Å². The molecule has 5 heteroatoms. The van der Waals surface area contributed by atoms with Crippen LogP contribution in [-0.2, 0) is 4.79 Å². The van der Waals surface area contributed by atoms with Crippen LogP contribution in [0.25, 0.3) is 6.08 Å². The Morgan fingerprint density at radius 2 is 2.00 bits per heavy atom. The minimum atomic E-state index is -0.0739. The van der Waals surface area contributed by atoms with Gasteiger partial charge in [0.25, 0.3) is 5.91 Å². The number of hydrogen-bond acceptors (Lipinski definition) is 4. The Morgan fingerprint density at radius 1 is 1.33 bits per heavy atom. The number of ether oxygens (including phenoxy) is 1. The number of aliphatic imine (C=N–C) groups is 1. The highest BCUT2D eigenvalue weighted by molar-refractivity contribution is 8.13. The summed E-state index contributed by atoms with van der Waals surface area (Å²) in [7, 11) is 3.35. The number of carbonyl (C=O) groups excluding carboxylic acids is 1. The van der Waals surface area contributed by atoms with E-state index in [9.17, 15) is 4.79 Å². The van der Waals surface area contributed by atoms with Crippen LogP contribution in [-0.4, -0.2) is 36.4 Å². The van der Waals surface area contributed by atoms with Crippen LogP contribution >= 0.6 is 11.8 Å². The highest BCUT2D eigenvalue weighted by atomic mass is 32.2. The van der Waals surface area contributed by atoms with Crippen molar-refractivity contribution in [2.24, 2.45) is 4.99 Å². The molecule has 0 bridgehead atoms. The molecule has 1 aromatic rings. The van der Waals surface area contributed by atoms with Gasteiger partial charge in [0, 0.05) is 7.05 Å². The molecule has 1 aliphatic rings. The zero-order valence-corrected chi connectivity index (χ0v) is 11.3. The molecule has 1 amide bonds. The van der Waals surface area contributed by atoms with Crippen LogP contribution in [0.2, 0.25) is 0 Å². The van der Waals surface area contributed by atoms with Crippen LogP contribution in [0, 0.1) is 0 Å². The molecule has 4 nitrogen and oxygen atoms in total. The van der Waals surface area contributed by atoms with E-state index in [1.165, 1.54) is 11.8 Å². The Labute approximate surface area is 110 Å². The van der Waals surface area contributed by atoms with Gasteiger partial charge in [-0.2, -0.15) is 0 Å². The number of rotatable bonds is 2. The van der Waals surface area contributed by atoms with Crippen LogP contribution in [0.3, 0.4) is 0 Å². The smallest absolute Gasteiger partial charge is 0.278 e. The quantitative estimate of drug-likeness (QED) is 0.767. The molecule has 0 aromatic heterocycles. The van der Waals surface area contributed by atoms with E-state index in [1.807, 2.05) is 30.5 Å². The fraction of sp³-hybridized carbons (Fsp3) is 0.231. The summed E-state index contributed by atoms with van der Waals surface area (Å²) in [5, 5.41) is 0.722. The minimum Gasteiger partial charge on any atom is -0.497 e. The molecule has 18 heavy (non-hydrogen) atoms. The summed E-state index contributed by atoms with van der Waals surface area (Å²) >= 11 is 1.46. The number of amides is 1. The van der Waals surface area contributed by atoms with Gasteiger partial charge in [-0.25, -0.2) is 4.99 Å². The molecule has 0 unspecified atom stereocenters. The van der Waals surface area contributed by atoms with Gasteiger partial charge < -0.3 is 4.74 Å². The van der Waals surface area contributed by atoms with Gasteiger partial charge in [-0.1, -0.05) is 23.9 Å². The van der Waals surface area contributed by atoms with Crippen molar-refractivity contribution in [2.75, 3.05) is 20.4 Å². The topological polar surface area (TPSA) is 41.9 Å². The molecule has 94 valence electrons. The largest absolute Gasteiger partial charge is 0.497 e. The summed E-state index contributed by atoms with van der Waals surface area (Å²) in [6, 6.07) is 7.50. The predicted molar refractivity (Wildman–Crippen MR) is 74.7 cm³/mol. The third-order valence-electron chi connectivity index (χ3n) is 2.63. The molecule has 0 fully saturated rings. The first-order chi connectivity index (χ1) is 8.65. The highest BCUT2D eigenvalue weighted by Gasteiger charge is 2.25. The molecule has 0 N–H and O–H groups in total. The summed E-state index contributed by atoms with van der Waals surface area (Å²) < 4.78 is 5.09. The van der Waals surface area contributed by atoms with Gasteiger partial charge in [-0.15, -0.1) is 0 Å². The van der Waals surface area contributed by atoms with Crippen LogP contribution in [0.4, 0.5) is 0 Å². The standard InChI is InChI=1S/C13H14N2O2S/c1-15-12(16)11(14-13(15)18-3)8-9-4-6-10(17-2)7-5-9/h4-8H,1-3H3. The normalized spacial score (nSPS) is 17.3. The summed E-state index contributed by atoms with van der Waals surface area (Å²) in [6.07, 6.45) is 3.68. The van der Waals surface area contributed by atoms with Crippen molar-refractivity contribution in [1.82, 2.24) is 4.90 Å². The van der Waals surface area contributed by atoms with E-state index in [-0.39, 0.29) is 5.91 Å². The lowest BCUT2D eigenvalue weighted by Gasteiger charge is -2.07. The Kier molecular flexibility index (Phi) is 3.72. The molecular formula is C13H14N2O2S. The lowest BCUT2D eigenvalue weighted by molar-refractivity contribution is -0.121. The van der Waals surface area contributed by atoms with Gasteiger partial charge >= 0.3 is 0 Å². The van der Waals surface area contributed by atoms with Gasteiger partial charge in [0.15, 0.2) is 5.17 Å². The second kappa shape index (κ2) is 5.27. The first-order valence-electron chi connectivity index (χ1n) is 5.42. The van der Waals surface area contributed by atoms with Crippen molar-refractivity contribution in [3.63, 3.8) is 0 Å². The van der Waals surface area contributed by atoms with Crippen molar-refractivity contribution in [3.05, 3.63) is 35.5 Å². The summed E-state index contributed by atoms with van der Waals surface area (Å²) in [5.74, 6) is 0.718. The number of thioether (sulfide) groups is 1. The molecule has 2 rings (SSSR count). The van der Waals surface area contributed by atoms with Gasteiger partial charge in [-0.05, 0) is 30.0 Å². The first-order valence-corrected chi connectivity index (χ1v) is 6.64. The second-order valence-corrected chi connectivity index (χ2v) is 4.54. The van der Waals surface area contributed by atoms with E-state index < -0.39 is 0 Å². The van der Waals surface area contributed by atoms with Crippen LogP contribution in [0.1, 0.15) is 5.56 Å². The fourth-order valence-corrected chi connectivity index (χ4v) is 2.17.